The van der Waals surface area contributed by atoms with Crippen molar-refractivity contribution in [3.8, 4) is 11.4 Å². The van der Waals surface area contributed by atoms with E-state index in [1.54, 1.807) is 0 Å². The first-order valence-corrected chi connectivity index (χ1v) is 10.4. The van der Waals surface area contributed by atoms with Crippen LogP contribution < -0.4 is 0 Å². The molecule has 0 aliphatic carbocycles. The van der Waals surface area contributed by atoms with Crippen LogP contribution in [0.4, 0.5) is 5.82 Å². The summed E-state index contributed by atoms with van der Waals surface area (Å²) in [7, 11) is 0. The smallest absolute Gasteiger partial charge is 0.203 e. The van der Waals surface area contributed by atoms with Gasteiger partial charge in [-0.1, -0.05) is 42.5 Å². The number of likely N-dealkylation sites (tertiary alicyclic amines) is 1. The molecule has 2 aromatic carbocycles. The van der Waals surface area contributed by atoms with E-state index in [4.69, 9.17) is 19.7 Å². The molecule has 6 heteroatoms. The lowest BCUT2D eigenvalue weighted by molar-refractivity contribution is 0.0630. The molecule has 0 unspecified atom stereocenters. The molecule has 0 saturated carbocycles. The Morgan fingerprint density at radius 2 is 1.48 bits per heavy atom. The third-order valence-corrected chi connectivity index (χ3v) is 5.50. The fourth-order valence-corrected chi connectivity index (χ4v) is 3.98. The molecule has 0 atom stereocenters. The van der Waals surface area contributed by atoms with Crippen LogP contribution in [-0.2, 0) is 4.74 Å². The molecule has 3 aromatic rings. The van der Waals surface area contributed by atoms with Crippen LogP contribution in [0.5, 0.6) is 0 Å². The zero-order valence-electron chi connectivity index (χ0n) is 16.5. The highest BCUT2D eigenvalue weighted by Crippen LogP contribution is 2.28. The molecule has 2 saturated heterocycles. The summed E-state index contributed by atoms with van der Waals surface area (Å²) in [6.07, 6.45) is 2.42. The summed E-state index contributed by atoms with van der Waals surface area (Å²) in [5, 5.41) is 0.983. The second kappa shape index (κ2) is 8.17. The monoisotopic (exact) mass is 387 g/mol. The van der Waals surface area contributed by atoms with Crippen molar-refractivity contribution >= 4 is 22.7 Å². The van der Waals surface area contributed by atoms with E-state index in [2.05, 4.69) is 15.9 Å². The zero-order chi connectivity index (χ0) is 19.5. The first-order chi connectivity index (χ1) is 14.4. The molecule has 6 nitrogen and oxygen atoms in total. The molecule has 2 aliphatic rings. The van der Waals surface area contributed by atoms with E-state index in [-0.39, 0.29) is 0 Å². The number of hydrogen-bond acceptors (Lipinski definition) is 4. The normalized spacial score (nSPS) is 17.9. The van der Waals surface area contributed by atoms with Crippen LogP contribution in [0.2, 0.25) is 0 Å². The number of aromatic nitrogens is 2. The van der Waals surface area contributed by atoms with E-state index in [9.17, 15) is 0 Å². The van der Waals surface area contributed by atoms with Crippen LogP contribution in [0.3, 0.4) is 0 Å². The Kier molecular flexibility index (Phi) is 5.09. The molecule has 1 aromatic heterocycles. The quantitative estimate of drug-likeness (QED) is 0.496. The molecule has 0 amide bonds. The summed E-state index contributed by atoms with van der Waals surface area (Å²) in [5.41, 5.74) is 1.92. The first-order valence-electron chi connectivity index (χ1n) is 10.4. The molecule has 3 heterocycles. The lowest BCUT2D eigenvalue weighted by atomic mass is 10.2. The molecular weight excluding hydrogens is 362 g/mol. The summed E-state index contributed by atoms with van der Waals surface area (Å²) in [6, 6.07) is 18.3. The first kappa shape index (κ1) is 18.1. The Bertz CT molecular complexity index is 1010. The second-order valence-electron chi connectivity index (χ2n) is 7.46. The van der Waals surface area contributed by atoms with Crippen molar-refractivity contribution in [1.82, 2.24) is 19.8 Å². The molecular formula is C23H25N5O. The number of aliphatic imine (C=N–C) groups is 1. The van der Waals surface area contributed by atoms with Crippen LogP contribution in [0, 0.1) is 0 Å². The minimum atomic E-state index is 0.714. The Morgan fingerprint density at radius 1 is 0.793 bits per heavy atom. The number of rotatable bonds is 2. The van der Waals surface area contributed by atoms with Crippen LogP contribution in [-0.4, -0.2) is 65.1 Å². The standard InChI is InChI=1S/C23H25N5O/c1-2-8-18(9-3-1)21-24-20-11-5-4-10-19(20)22(25-21)26-23(27-12-6-7-13-27)28-14-16-29-17-15-28/h1-5,8-11H,6-7,12-17H2. The minimum absolute atomic E-state index is 0.714. The Balaban J connectivity index is 1.64. The van der Waals surface area contributed by atoms with E-state index < -0.39 is 0 Å². The molecule has 0 bridgehead atoms. The maximum atomic E-state index is 5.57. The van der Waals surface area contributed by atoms with Gasteiger partial charge in [-0.2, -0.15) is 4.99 Å². The Hall–Kier alpha value is -2.99. The number of morpholine rings is 1. The summed E-state index contributed by atoms with van der Waals surface area (Å²) in [5.74, 6) is 2.47. The number of guanidine groups is 1. The number of hydrogen-bond donors (Lipinski definition) is 0. The minimum Gasteiger partial charge on any atom is -0.378 e. The largest absolute Gasteiger partial charge is 0.378 e. The Labute approximate surface area is 170 Å². The SMILES string of the molecule is c1ccc(-c2nc(N=C(N3CCCC3)N3CCOCC3)c3ccccc3n2)cc1. The van der Waals surface area contributed by atoms with E-state index >= 15 is 0 Å². The van der Waals surface area contributed by atoms with E-state index in [0.29, 0.717) is 5.82 Å². The fourth-order valence-electron chi connectivity index (χ4n) is 3.98. The van der Waals surface area contributed by atoms with Crippen molar-refractivity contribution in [2.75, 3.05) is 39.4 Å². The van der Waals surface area contributed by atoms with Crippen LogP contribution in [0.25, 0.3) is 22.3 Å². The van der Waals surface area contributed by atoms with E-state index in [1.165, 1.54) is 12.8 Å². The van der Waals surface area contributed by atoms with Crippen LogP contribution in [0.15, 0.2) is 59.6 Å². The average molecular weight is 387 g/mol. The lowest BCUT2D eigenvalue weighted by Crippen LogP contribution is -2.48. The van der Waals surface area contributed by atoms with Crippen molar-refractivity contribution in [1.29, 1.82) is 0 Å². The average Bonchev–Trinajstić information content (AvgIpc) is 3.33. The highest BCUT2D eigenvalue weighted by atomic mass is 16.5. The van der Waals surface area contributed by atoms with Gasteiger partial charge in [-0.15, -0.1) is 0 Å². The maximum absolute atomic E-state index is 5.57. The molecule has 148 valence electrons. The van der Waals surface area contributed by atoms with Crippen molar-refractivity contribution in [2.24, 2.45) is 4.99 Å². The van der Waals surface area contributed by atoms with E-state index in [0.717, 1.165) is 67.6 Å². The summed E-state index contributed by atoms with van der Waals surface area (Å²) in [6.45, 7) is 5.31. The van der Waals surface area contributed by atoms with Crippen molar-refractivity contribution in [3.63, 3.8) is 0 Å². The predicted octanol–water partition coefficient (Wildman–Crippen LogP) is 3.71. The number of fused-ring (bicyclic) bond motifs is 1. The highest BCUT2D eigenvalue weighted by Gasteiger charge is 2.24. The van der Waals surface area contributed by atoms with Gasteiger partial charge in [0.25, 0.3) is 0 Å². The lowest BCUT2D eigenvalue weighted by Gasteiger charge is -2.34. The van der Waals surface area contributed by atoms with Crippen molar-refractivity contribution < 1.29 is 4.74 Å². The summed E-state index contributed by atoms with van der Waals surface area (Å²) < 4.78 is 5.57. The van der Waals surface area contributed by atoms with Crippen LogP contribution >= 0.6 is 0 Å². The van der Waals surface area contributed by atoms with Gasteiger partial charge < -0.3 is 14.5 Å². The number of para-hydroxylation sites is 1. The fraction of sp³-hybridized carbons (Fsp3) is 0.348. The maximum Gasteiger partial charge on any atom is 0.203 e. The molecule has 2 aliphatic heterocycles. The molecule has 0 N–H and O–H groups in total. The van der Waals surface area contributed by atoms with Gasteiger partial charge in [0.15, 0.2) is 11.6 Å². The molecule has 0 spiro atoms. The number of ether oxygens (including phenoxy) is 1. The zero-order valence-corrected chi connectivity index (χ0v) is 16.5. The van der Waals surface area contributed by atoms with Crippen molar-refractivity contribution in [3.05, 3.63) is 54.6 Å². The number of nitrogens with zero attached hydrogens (tertiary/aromatic N) is 5. The third kappa shape index (κ3) is 3.80. The predicted molar refractivity (Wildman–Crippen MR) is 115 cm³/mol. The van der Waals surface area contributed by atoms with Gasteiger partial charge in [0.2, 0.25) is 5.96 Å². The third-order valence-electron chi connectivity index (χ3n) is 5.50. The van der Waals surface area contributed by atoms with Gasteiger partial charge in [0.05, 0.1) is 18.7 Å². The number of benzene rings is 2. The van der Waals surface area contributed by atoms with Gasteiger partial charge in [-0.25, -0.2) is 9.97 Å². The van der Waals surface area contributed by atoms with E-state index in [1.807, 2.05) is 48.5 Å². The van der Waals surface area contributed by atoms with Gasteiger partial charge in [-0.3, -0.25) is 0 Å². The molecule has 5 rings (SSSR count). The molecule has 29 heavy (non-hydrogen) atoms. The molecule has 0 radical (unpaired) electrons. The van der Waals surface area contributed by atoms with Crippen molar-refractivity contribution in [2.45, 2.75) is 12.8 Å². The highest BCUT2D eigenvalue weighted by molar-refractivity contribution is 5.93. The second-order valence-corrected chi connectivity index (χ2v) is 7.46. The summed E-state index contributed by atoms with van der Waals surface area (Å²) in [4.78, 5) is 19.6. The van der Waals surface area contributed by atoms with Gasteiger partial charge in [0, 0.05) is 37.1 Å². The Morgan fingerprint density at radius 3 is 2.28 bits per heavy atom. The topological polar surface area (TPSA) is 53.9 Å². The summed E-state index contributed by atoms with van der Waals surface area (Å²) >= 11 is 0. The van der Waals surface area contributed by atoms with Gasteiger partial charge in [0.1, 0.15) is 0 Å². The van der Waals surface area contributed by atoms with Crippen LogP contribution in [0.1, 0.15) is 12.8 Å². The molecule has 2 fully saturated rings. The van der Waals surface area contributed by atoms with Gasteiger partial charge >= 0.3 is 0 Å². The van der Waals surface area contributed by atoms with Gasteiger partial charge in [-0.05, 0) is 25.0 Å².